The Bertz CT molecular complexity index is 540. The molecule has 1 heterocycles. The molecule has 0 aliphatic carbocycles. The van der Waals surface area contributed by atoms with E-state index in [0.717, 1.165) is 12.3 Å². The van der Waals surface area contributed by atoms with Crippen molar-refractivity contribution in [3.63, 3.8) is 0 Å². The van der Waals surface area contributed by atoms with Crippen LogP contribution < -0.4 is 21.1 Å². The Morgan fingerprint density at radius 2 is 2.00 bits per heavy atom. The first-order valence-corrected chi connectivity index (χ1v) is 6.26. The lowest BCUT2D eigenvalue weighted by molar-refractivity contribution is -0.148. The van der Waals surface area contributed by atoms with E-state index < -0.39 is 30.8 Å². The maximum absolute atomic E-state index is 12.7. The van der Waals surface area contributed by atoms with Crippen LogP contribution in [0.25, 0.3) is 0 Å². The van der Waals surface area contributed by atoms with Crippen molar-refractivity contribution < 1.29 is 31.9 Å². The topological polar surface area (TPSA) is 106 Å². The van der Waals surface area contributed by atoms with Crippen molar-refractivity contribution in [3.8, 4) is 5.88 Å². The molecule has 0 unspecified atom stereocenters. The summed E-state index contributed by atoms with van der Waals surface area (Å²) in [5.74, 6) is -5.66. The maximum atomic E-state index is 12.7. The summed E-state index contributed by atoms with van der Waals surface area (Å²) in [6.07, 6.45) is -2.76. The number of rotatable bonds is 8. The predicted octanol–water partition coefficient (Wildman–Crippen LogP) is 0.374. The van der Waals surface area contributed by atoms with Crippen molar-refractivity contribution >= 4 is 17.5 Å². The first-order chi connectivity index (χ1) is 10.7. The third-order valence-electron chi connectivity index (χ3n) is 2.38. The minimum atomic E-state index is -4.28. The number of nitrogens with zero attached hydrogens (tertiary/aromatic N) is 1. The molecular formula is C12H14F4N4O3. The van der Waals surface area contributed by atoms with Crippen molar-refractivity contribution in [3.05, 3.63) is 18.3 Å². The highest BCUT2D eigenvalue weighted by Crippen LogP contribution is 2.23. The van der Waals surface area contributed by atoms with E-state index >= 15 is 0 Å². The molecule has 0 aliphatic heterocycles. The largest absolute Gasteiger partial charge is 0.471 e. The average molecular weight is 338 g/mol. The Morgan fingerprint density at radius 1 is 1.30 bits per heavy atom. The molecule has 0 saturated carbocycles. The monoisotopic (exact) mass is 338 g/mol. The van der Waals surface area contributed by atoms with Gasteiger partial charge in [-0.2, -0.15) is 8.78 Å². The second-order valence-electron chi connectivity index (χ2n) is 4.26. The van der Waals surface area contributed by atoms with Gasteiger partial charge in [0.05, 0.1) is 25.0 Å². The van der Waals surface area contributed by atoms with Gasteiger partial charge in [-0.25, -0.2) is 13.8 Å². The molecule has 1 aromatic heterocycles. The molecule has 0 spiro atoms. The number of aromatic nitrogens is 1. The first kappa shape index (κ1) is 18.6. The molecule has 0 fully saturated rings. The standard InChI is InChI=1S/C12H14F4N4O3/c13-11(14)12(15,16)6-23-10-2-1-7(4-19-10)20-9(22)5-18-8(21)3-17/h1-2,4,11H,3,5-6,17H2,(H,18,21)(H,20,22). The van der Waals surface area contributed by atoms with Crippen LogP contribution in [0.3, 0.4) is 0 Å². The average Bonchev–Trinajstić information content (AvgIpc) is 2.51. The lowest BCUT2D eigenvalue weighted by atomic mass is 10.3. The maximum Gasteiger partial charge on any atom is 0.340 e. The molecule has 0 aromatic carbocycles. The summed E-state index contributed by atoms with van der Waals surface area (Å²) in [7, 11) is 0. The Hall–Kier alpha value is -2.43. The van der Waals surface area contributed by atoms with Gasteiger partial charge in [-0.1, -0.05) is 0 Å². The van der Waals surface area contributed by atoms with E-state index in [0.29, 0.717) is 0 Å². The summed E-state index contributed by atoms with van der Waals surface area (Å²) in [6, 6.07) is 2.39. The summed E-state index contributed by atoms with van der Waals surface area (Å²) in [4.78, 5) is 25.9. The highest BCUT2D eigenvalue weighted by molar-refractivity contribution is 5.94. The normalized spacial score (nSPS) is 11.2. The lowest BCUT2D eigenvalue weighted by Gasteiger charge is -2.15. The minimum absolute atomic E-state index is 0.199. The molecular weight excluding hydrogens is 324 g/mol. The van der Waals surface area contributed by atoms with Crippen LogP contribution in [-0.2, 0) is 9.59 Å². The fourth-order valence-electron chi connectivity index (χ4n) is 1.23. The number of carbonyl (C=O) groups is 2. The number of hydrogen-bond acceptors (Lipinski definition) is 5. The van der Waals surface area contributed by atoms with Gasteiger partial charge in [0.1, 0.15) is 0 Å². The number of alkyl halides is 4. The van der Waals surface area contributed by atoms with E-state index in [4.69, 9.17) is 5.73 Å². The number of nitrogens with two attached hydrogens (primary N) is 1. The van der Waals surface area contributed by atoms with Gasteiger partial charge in [0.25, 0.3) is 0 Å². The van der Waals surface area contributed by atoms with Crippen LogP contribution in [-0.4, -0.2) is 48.8 Å². The van der Waals surface area contributed by atoms with Crippen molar-refractivity contribution in [2.24, 2.45) is 5.73 Å². The Kier molecular flexibility index (Phi) is 6.69. The number of amides is 2. The van der Waals surface area contributed by atoms with Crippen molar-refractivity contribution in [1.82, 2.24) is 10.3 Å². The zero-order chi connectivity index (χ0) is 17.5. The van der Waals surface area contributed by atoms with Gasteiger partial charge in [-0.3, -0.25) is 9.59 Å². The lowest BCUT2D eigenvalue weighted by Crippen LogP contribution is -2.36. The fraction of sp³-hybridized carbons (Fsp3) is 0.417. The summed E-state index contributed by atoms with van der Waals surface area (Å²) in [6.45, 7) is -2.09. The predicted molar refractivity (Wildman–Crippen MR) is 71.4 cm³/mol. The molecule has 0 saturated heterocycles. The fourth-order valence-corrected chi connectivity index (χ4v) is 1.23. The second-order valence-corrected chi connectivity index (χ2v) is 4.26. The number of carbonyl (C=O) groups excluding carboxylic acids is 2. The van der Waals surface area contributed by atoms with Crippen LogP contribution >= 0.6 is 0 Å². The zero-order valence-electron chi connectivity index (χ0n) is 11.7. The van der Waals surface area contributed by atoms with Gasteiger partial charge in [0, 0.05) is 6.07 Å². The summed E-state index contributed by atoms with van der Waals surface area (Å²) >= 11 is 0. The number of ether oxygens (including phenoxy) is 1. The van der Waals surface area contributed by atoms with Crippen molar-refractivity contribution in [2.45, 2.75) is 12.3 Å². The van der Waals surface area contributed by atoms with E-state index in [1.54, 1.807) is 0 Å². The smallest absolute Gasteiger partial charge is 0.340 e. The number of halogens is 4. The van der Waals surface area contributed by atoms with E-state index in [9.17, 15) is 27.2 Å². The van der Waals surface area contributed by atoms with Crippen LogP contribution in [0.5, 0.6) is 5.88 Å². The van der Waals surface area contributed by atoms with Gasteiger partial charge < -0.3 is 21.1 Å². The van der Waals surface area contributed by atoms with E-state index in [1.165, 1.54) is 6.07 Å². The van der Waals surface area contributed by atoms with Gasteiger partial charge in [-0.15, -0.1) is 0 Å². The molecule has 128 valence electrons. The van der Waals surface area contributed by atoms with Gasteiger partial charge in [-0.05, 0) is 6.07 Å². The molecule has 11 heteroatoms. The van der Waals surface area contributed by atoms with Crippen LogP contribution in [0.4, 0.5) is 23.2 Å². The first-order valence-electron chi connectivity index (χ1n) is 6.26. The molecule has 1 aromatic rings. The third kappa shape index (κ3) is 6.46. The third-order valence-corrected chi connectivity index (χ3v) is 2.38. The van der Waals surface area contributed by atoms with E-state index in [2.05, 4.69) is 20.4 Å². The van der Waals surface area contributed by atoms with Crippen LogP contribution in [0.15, 0.2) is 18.3 Å². The molecule has 0 atom stereocenters. The van der Waals surface area contributed by atoms with Crippen LogP contribution in [0.2, 0.25) is 0 Å². The molecule has 1 rings (SSSR count). The summed E-state index contributed by atoms with van der Waals surface area (Å²) in [5.41, 5.74) is 5.24. The molecule has 4 N–H and O–H groups in total. The number of pyridine rings is 1. The van der Waals surface area contributed by atoms with Crippen LogP contribution in [0.1, 0.15) is 0 Å². The zero-order valence-corrected chi connectivity index (χ0v) is 11.7. The van der Waals surface area contributed by atoms with Crippen molar-refractivity contribution in [2.75, 3.05) is 25.0 Å². The van der Waals surface area contributed by atoms with E-state index in [-0.39, 0.29) is 24.7 Å². The molecule has 0 aliphatic rings. The van der Waals surface area contributed by atoms with Gasteiger partial charge >= 0.3 is 12.3 Å². The molecule has 2 amide bonds. The quantitative estimate of drug-likeness (QED) is 0.594. The summed E-state index contributed by atoms with van der Waals surface area (Å²) < 4.78 is 53.7. The number of hydrogen-bond donors (Lipinski definition) is 3. The highest BCUT2D eigenvalue weighted by Gasteiger charge is 2.41. The van der Waals surface area contributed by atoms with Crippen LogP contribution in [0, 0.1) is 0 Å². The second kappa shape index (κ2) is 8.27. The molecule has 23 heavy (non-hydrogen) atoms. The minimum Gasteiger partial charge on any atom is -0.471 e. The highest BCUT2D eigenvalue weighted by atomic mass is 19.3. The van der Waals surface area contributed by atoms with Gasteiger partial charge in [0.2, 0.25) is 17.7 Å². The molecule has 0 bridgehead atoms. The summed E-state index contributed by atoms with van der Waals surface area (Å²) in [5, 5.41) is 4.59. The Balaban J connectivity index is 2.47. The molecule has 0 radical (unpaired) electrons. The van der Waals surface area contributed by atoms with E-state index in [1.807, 2.05) is 0 Å². The van der Waals surface area contributed by atoms with Crippen molar-refractivity contribution in [1.29, 1.82) is 0 Å². The van der Waals surface area contributed by atoms with Gasteiger partial charge in [0.15, 0.2) is 6.61 Å². The number of nitrogens with one attached hydrogen (secondary N) is 2. The number of anilines is 1. The Labute approximate surface area is 128 Å². The SMILES string of the molecule is NCC(=O)NCC(=O)Nc1ccc(OCC(F)(F)C(F)F)nc1. The molecule has 7 nitrogen and oxygen atoms in total. The Morgan fingerprint density at radius 3 is 2.52 bits per heavy atom.